The largest absolute Gasteiger partial charge is 0.461 e. The van der Waals surface area contributed by atoms with Crippen LogP contribution >= 0.6 is 0 Å². The summed E-state index contributed by atoms with van der Waals surface area (Å²) in [5, 5.41) is 3.43. The smallest absolute Gasteiger partial charge is 0.357 e. The quantitative estimate of drug-likeness (QED) is 0.782. The van der Waals surface area contributed by atoms with Crippen molar-refractivity contribution in [3.8, 4) is 0 Å². The molecule has 5 heteroatoms. The molecule has 1 unspecified atom stereocenters. The van der Waals surface area contributed by atoms with Gasteiger partial charge in [0.2, 0.25) is 0 Å². The highest BCUT2D eigenvalue weighted by atomic mass is 16.5. The maximum absolute atomic E-state index is 12.0. The topological polar surface area (TPSA) is 64.1 Å². The van der Waals surface area contributed by atoms with Gasteiger partial charge in [0.25, 0.3) is 0 Å². The SMILES string of the molecule is CCOC(=O)c1ncnc(NC[C@H]2CCCC(c3ccccc3)C2)c1C. The zero-order valence-electron chi connectivity index (χ0n) is 15.6. The lowest BCUT2D eigenvalue weighted by molar-refractivity contribution is 0.0518. The van der Waals surface area contributed by atoms with Crippen molar-refractivity contribution >= 4 is 11.8 Å². The van der Waals surface area contributed by atoms with Gasteiger partial charge in [0.05, 0.1) is 6.61 Å². The first-order chi connectivity index (χ1) is 12.7. The summed E-state index contributed by atoms with van der Waals surface area (Å²) in [6.45, 7) is 4.86. The fourth-order valence-corrected chi connectivity index (χ4v) is 3.78. The van der Waals surface area contributed by atoms with Crippen molar-refractivity contribution in [3.63, 3.8) is 0 Å². The van der Waals surface area contributed by atoms with Crippen LogP contribution in [0.4, 0.5) is 5.82 Å². The molecule has 2 atom stereocenters. The van der Waals surface area contributed by atoms with Crippen molar-refractivity contribution < 1.29 is 9.53 Å². The summed E-state index contributed by atoms with van der Waals surface area (Å²) in [5.74, 6) is 1.58. The van der Waals surface area contributed by atoms with E-state index in [9.17, 15) is 4.79 Å². The Morgan fingerprint density at radius 2 is 2.04 bits per heavy atom. The molecule has 0 spiro atoms. The van der Waals surface area contributed by atoms with Gasteiger partial charge in [-0.3, -0.25) is 0 Å². The van der Waals surface area contributed by atoms with E-state index in [1.165, 1.54) is 37.6 Å². The Morgan fingerprint density at radius 1 is 1.23 bits per heavy atom. The molecular weight excluding hydrogens is 326 g/mol. The van der Waals surface area contributed by atoms with Crippen LogP contribution in [-0.2, 0) is 4.74 Å². The second kappa shape index (κ2) is 8.79. The van der Waals surface area contributed by atoms with Crippen LogP contribution in [0.3, 0.4) is 0 Å². The van der Waals surface area contributed by atoms with Crippen LogP contribution in [0.25, 0.3) is 0 Å². The Labute approximate surface area is 155 Å². The van der Waals surface area contributed by atoms with Crippen molar-refractivity contribution in [2.45, 2.75) is 45.4 Å². The third-order valence-electron chi connectivity index (χ3n) is 5.16. The summed E-state index contributed by atoms with van der Waals surface area (Å²) in [5.41, 5.74) is 2.54. The maximum Gasteiger partial charge on any atom is 0.357 e. The van der Waals surface area contributed by atoms with Crippen LogP contribution in [-0.4, -0.2) is 29.1 Å². The van der Waals surface area contributed by atoms with Gasteiger partial charge in [-0.25, -0.2) is 14.8 Å². The molecule has 26 heavy (non-hydrogen) atoms. The third kappa shape index (κ3) is 4.40. The average molecular weight is 353 g/mol. The van der Waals surface area contributed by atoms with Crippen LogP contribution in [0.5, 0.6) is 0 Å². The molecule has 0 bridgehead atoms. The first-order valence-corrected chi connectivity index (χ1v) is 9.46. The lowest BCUT2D eigenvalue weighted by Crippen LogP contribution is -2.22. The summed E-state index contributed by atoms with van der Waals surface area (Å²) >= 11 is 0. The monoisotopic (exact) mass is 353 g/mol. The van der Waals surface area contributed by atoms with E-state index in [1.54, 1.807) is 6.92 Å². The molecule has 3 rings (SSSR count). The van der Waals surface area contributed by atoms with E-state index in [-0.39, 0.29) is 0 Å². The second-order valence-electron chi connectivity index (χ2n) is 6.94. The Balaban J connectivity index is 1.62. The number of carbonyl (C=O) groups is 1. The van der Waals surface area contributed by atoms with Crippen LogP contribution < -0.4 is 5.32 Å². The number of aromatic nitrogens is 2. The van der Waals surface area contributed by atoms with Crippen molar-refractivity contribution in [1.29, 1.82) is 0 Å². The Hall–Kier alpha value is -2.43. The van der Waals surface area contributed by atoms with Crippen LogP contribution in [0.1, 0.15) is 60.1 Å². The predicted molar refractivity (Wildman–Crippen MR) is 102 cm³/mol. The molecule has 1 aliphatic rings. The molecule has 2 aromatic rings. The summed E-state index contributed by atoms with van der Waals surface area (Å²) in [6, 6.07) is 10.8. The fraction of sp³-hybridized carbons (Fsp3) is 0.476. The van der Waals surface area contributed by atoms with Crippen molar-refractivity contribution in [2.75, 3.05) is 18.5 Å². The standard InChI is InChI=1S/C21H27N3O2/c1-3-26-21(25)19-15(2)20(24-14-23-19)22-13-16-8-7-11-18(12-16)17-9-5-4-6-10-17/h4-6,9-10,14,16,18H,3,7-8,11-13H2,1-2H3,(H,22,23,24)/t16-,18?/m0/s1. The third-order valence-corrected chi connectivity index (χ3v) is 5.16. The molecule has 138 valence electrons. The van der Waals surface area contributed by atoms with Gasteiger partial charge in [0.15, 0.2) is 5.69 Å². The number of rotatable bonds is 6. The second-order valence-corrected chi connectivity index (χ2v) is 6.94. The molecule has 0 amide bonds. The Morgan fingerprint density at radius 3 is 2.81 bits per heavy atom. The molecule has 1 aliphatic carbocycles. The predicted octanol–water partition coefficient (Wildman–Crippen LogP) is 4.35. The molecule has 1 fully saturated rings. The van der Waals surface area contributed by atoms with Gasteiger partial charge in [-0.2, -0.15) is 0 Å². The highest BCUT2D eigenvalue weighted by Gasteiger charge is 2.23. The van der Waals surface area contributed by atoms with E-state index in [0.717, 1.165) is 17.9 Å². The van der Waals surface area contributed by atoms with E-state index < -0.39 is 5.97 Å². The summed E-state index contributed by atoms with van der Waals surface area (Å²) in [7, 11) is 0. The van der Waals surface area contributed by atoms with E-state index in [0.29, 0.717) is 24.1 Å². The highest BCUT2D eigenvalue weighted by Crippen LogP contribution is 2.36. The Bertz CT molecular complexity index is 733. The number of nitrogens with zero attached hydrogens (tertiary/aromatic N) is 2. The van der Waals surface area contributed by atoms with E-state index in [4.69, 9.17) is 4.74 Å². The van der Waals surface area contributed by atoms with Crippen LogP contribution in [0.15, 0.2) is 36.7 Å². The number of carbonyl (C=O) groups excluding carboxylic acids is 1. The molecule has 1 aromatic carbocycles. The number of esters is 1. The van der Waals surface area contributed by atoms with Gasteiger partial charge in [-0.15, -0.1) is 0 Å². The van der Waals surface area contributed by atoms with Crippen LogP contribution in [0, 0.1) is 12.8 Å². The lowest BCUT2D eigenvalue weighted by Gasteiger charge is -2.30. The number of hydrogen-bond donors (Lipinski definition) is 1. The minimum atomic E-state index is -0.391. The van der Waals surface area contributed by atoms with Gasteiger partial charge in [-0.05, 0) is 50.5 Å². The first-order valence-electron chi connectivity index (χ1n) is 9.46. The number of nitrogens with one attached hydrogen (secondary N) is 1. The van der Waals surface area contributed by atoms with E-state index >= 15 is 0 Å². The fourth-order valence-electron chi connectivity index (χ4n) is 3.78. The zero-order chi connectivity index (χ0) is 18.4. The molecule has 0 radical (unpaired) electrons. The van der Waals surface area contributed by atoms with Gasteiger partial charge in [0.1, 0.15) is 12.1 Å². The lowest BCUT2D eigenvalue weighted by atomic mass is 9.78. The normalized spacial score (nSPS) is 19.8. The molecule has 1 heterocycles. The summed E-state index contributed by atoms with van der Waals surface area (Å²) in [6.07, 6.45) is 6.36. The molecule has 0 saturated heterocycles. The number of hydrogen-bond acceptors (Lipinski definition) is 5. The first kappa shape index (κ1) is 18.4. The van der Waals surface area contributed by atoms with Crippen LogP contribution in [0.2, 0.25) is 0 Å². The number of anilines is 1. The summed E-state index contributed by atoms with van der Waals surface area (Å²) < 4.78 is 5.06. The van der Waals surface area contributed by atoms with Gasteiger partial charge < -0.3 is 10.1 Å². The molecule has 0 aliphatic heterocycles. The molecule has 1 saturated carbocycles. The maximum atomic E-state index is 12.0. The number of benzene rings is 1. The minimum Gasteiger partial charge on any atom is -0.461 e. The Kier molecular flexibility index (Phi) is 6.21. The van der Waals surface area contributed by atoms with Gasteiger partial charge >= 0.3 is 5.97 Å². The average Bonchev–Trinajstić information content (AvgIpc) is 2.68. The molecular formula is C21H27N3O2. The van der Waals surface area contributed by atoms with Crippen molar-refractivity contribution in [3.05, 3.63) is 53.5 Å². The van der Waals surface area contributed by atoms with Gasteiger partial charge in [0, 0.05) is 12.1 Å². The molecule has 5 nitrogen and oxygen atoms in total. The van der Waals surface area contributed by atoms with Gasteiger partial charge in [-0.1, -0.05) is 36.8 Å². The number of ether oxygens (including phenoxy) is 1. The highest BCUT2D eigenvalue weighted by molar-refractivity contribution is 5.90. The van der Waals surface area contributed by atoms with E-state index in [1.807, 2.05) is 6.92 Å². The zero-order valence-corrected chi connectivity index (χ0v) is 15.6. The molecule has 1 aromatic heterocycles. The van der Waals surface area contributed by atoms with Crippen molar-refractivity contribution in [2.24, 2.45) is 5.92 Å². The molecule has 1 N–H and O–H groups in total. The van der Waals surface area contributed by atoms with E-state index in [2.05, 4.69) is 45.6 Å². The van der Waals surface area contributed by atoms with Crippen molar-refractivity contribution in [1.82, 2.24) is 9.97 Å². The summed E-state index contributed by atoms with van der Waals surface area (Å²) in [4.78, 5) is 20.4. The minimum absolute atomic E-state index is 0.341.